The summed E-state index contributed by atoms with van der Waals surface area (Å²) in [6, 6.07) is 7.60. The molecule has 1 N–H and O–H groups in total. The van der Waals surface area contributed by atoms with Gasteiger partial charge in [0, 0.05) is 30.3 Å². The predicted octanol–water partition coefficient (Wildman–Crippen LogP) is 4.10. The van der Waals surface area contributed by atoms with Gasteiger partial charge in [0.25, 0.3) is 0 Å². The number of ether oxygens (including phenoxy) is 1. The number of esters is 1. The summed E-state index contributed by atoms with van der Waals surface area (Å²) in [5.41, 5.74) is 1.84. The average Bonchev–Trinajstić information content (AvgIpc) is 2.95. The Balaban J connectivity index is 2.26. The summed E-state index contributed by atoms with van der Waals surface area (Å²) in [6.45, 7) is 3.80. The number of hydrogen-bond acceptors (Lipinski definition) is 3. The van der Waals surface area contributed by atoms with Crippen LogP contribution >= 0.6 is 11.6 Å². The minimum atomic E-state index is -0.303. The van der Waals surface area contributed by atoms with Crippen LogP contribution in [-0.4, -0.2) is 22.5 Å². The number of benzene rings is 1. The van der Waals surface area contributed by atoms with E-state index in [2.05, 4.69) is 16.9 Å². The Morgan fingerprint density at radius 1 is 1.41 bits per heavy atom. The van der Waals surface area contributed by atoms with Crippen LogP contribution in [0.15, 0.2) is 30.5 Å². The highest BCUT2D eigenvalue weighted by Gasteiger charge is 2.20. The van der Waals surface area contributed by atoms with Gasteiger partial charge < -0.3 is 9.72 Å². The highest BCUT2D eigenvalue weighted by Crippen LogP contribution is 2.29. The summed E-state index contributed by atoms with van der Waals surface area (Å²) in [4.78, 5) is 18.9. The second kappa shape index (κ2) is 7.99. The highest BCUT2D eigenvalue weighted by atomic mass is 35.5. The van der Waals surface area contributed by atoms with E-state index in [-0.39, 0.29) is 18.5 Å². The molecule has 0 aliphatic carbocycles. The van der Waals surface area contributed by atoms with Crippen LogP contribution in [0.4, 0.5) is 0 Å². The van der Waals surface area contributed by atoms with Gasteiger partial charge in [0.05, 0.1) is 5.92 Å². The van der Waals surface area contributed by atoms with E-state index in [1.807, 2.05) is 30.5 Å². The molecular weight excluding hydrogens is 300 g/mol. The van der Waals surface area contributed by atoms with Crippen LogP contribution in [0.2, 0.25) is 5.02 Å². The van der Waals surface area contributed by atoms with Gasteiger partial charge in [-0.25, -0.2) is 4.98 Å². The molecule has 22 heavy (non-hydrogen) atoms. The van der Waals surface area contributed by atoms with Crippen molar-refractivity contribution in [2.75, 3.05) is 6.61 Å². The summed E-state index contributed by atoms with van der Waals surface area (Å²) < 4.78 is 5.21. The Morgan fingerprint density at radius 3 is 2.86 bits per heavy atom. The van der Waals surface area contributed by atoms with Crippen molar-refractivity contribution in [2.24, 2.45) is 0 Å². The Kier molecular flexibility index (Phi) is 6.01. The molecule has 1 aromatic heterocycles. The highest BCUT2D eigenvalue weighted by molar-refractivity contribution is 6.31. The fourth-order valence-corrected chi connectivity index (χ4v) is 2.60. The minimum absolute atomic E-state index is 0.138. The average molecular weight is 321 g/mol. The molecule has 118 valence electrons. The van der Waals surface area contributed by atoms with Crippen molar-refractivity contribution in [1.29, 1.82) is 0 Å². The Bertz CT molecular complexity index is 625. The van der Waals surface area contributed by atoms with Crippen LogP contribution in [0.1, 0.15) is 49.7 Å². The molecule has 0 saturated carbocycles. The van der Waals surface area contributed by atoms with Gasteiger partial charge in [0.2, 0.25) is 0 Å². The van der Waals surface area contributed by atoms with Gasteiger partial charge >= 0.3 is 5.97 Å². The molecule has 0 radical (unpaired) electrons. The van der Waals surface area contributed by atoms with E-state index in [4.69, 9.17) is 16.3 Å². The summed E-state index contributed by atoms with van der Waals surface area (Å²) in [6.07, 6.45) is 4.94. The van der Waals surface area contributed by atoms with Crippen molar-refractivity contribution in [2.45, 2.75) is 39.0 Å². The van der Waals surface area contributed by atoms with Crippen molar-refractivity contribution >= 4 is 17.6 Å². The minimum Gasteiger partial charge on any atom is -0.465 e. The number of carbonyl (C=O) groups is 1. The summed E-state index contributed by atoms with van der Waals surface area (Å²) in [5, 5.41) is 0.657. The topological polar surface area (TPSA) is 55.0 Å². The molecule has 5 heteroatoms. The van der Waals surface area contributed by atoms with Gasteiger partial charge in [-0.3, -0.25) is 4.79 Å². The van der Waals surface area contributed by atoms with Crippen molar-refractivity contribution in [1.82, 2.24) is 9.97 Å². The molecule has 0 spiro atoms. The van der Waals surface area contributed by atoms with Crippen LogP contribution in [-0.2, 0) is 16.0 Å². The van der Waals surface area contributed by atoms with Gasteiger partial charge in [-0.15, -0.1) is 0 Å². The van der Waals surface area contributed by atoms with Crippen molar-refractivity contribution in [3.05, 3.63) is 52.6 Å². The van der Waals surface area contributed by atoms with Crippen LogP contribution < -0.4 is 0 Å². The van der Waals surface area contributed by atoms with Crippen LogP contribution in [0.5, 0.6) is 0 Å². The maximum atomic E-state index is 11.2. The lowest BCUT2D eigenvalue weighted by Crippen LogP contribution is -2.13. The molecule has 0 aliphatic heterocycles. The molecule has 2 aromatic rings. The number of unbranched alkanes of at least 4 members (excludes halogenated alkanes) is 1. The van der Waals surface area contributed by atoms with Crippen molar-refractivity contribution in [3.63, 3.8) is 0 Å². The molecule has 0 bridgehead atoms. The first-order valence-electron chi connectivity index (χ1n) is 7.53. The zero-order valence-corrected chi connectivity index (χ0v) is 13.7. The van der Waals surface area contributed by atoms with Gasteiger partial charge in [0.15, 0.2) is 0 Å². The molecule has 0 aliphatic rings. The molecular formula is C17H21ClN2O2. The SMILES string of the molecule is CCCCc1ncc(C(COC(C)=O)c2ccccc2Cl)[nH]1. The number of aromatic amines is 1. The Hall–Kier alpha value is -1.81. The third-order valence-corrected chi connectivity index (χ3v) is 3.87. The normalized spacial score (nSPS) is 12.1. The summed E-state index contributed by atoms with van der Waals surface area (Å²) in [5.74, 6) is 0.514. The quantitative estimate of drug-likeness (QED) is 0.781. The number of nitrogens with zero attached hydrogens (tertiary/aromatic N) is 1. The maximum Gasteiger partial charge on any atom is 0.302 e. The molecule has 1 heterocycles. The molecule has 0 fully saturated rings. The van der Waals surface area contributed by atoms with Crippen molar-refractivity contribution < 1.29 is 9.53 Å². The van der Waals surface area contributed by atoms with Gasteiger partial charge in [-0.2, -0.15) is 0 Å². The van der Waals surface area contributed by atoms with Crippen molar-refractivity contribution in [3.8, 4) is 0 Å². The predicted molar refractivity (Wildman–Crippen MR) is 87.1 cm³/mol. The van der Waals surface area contributed by atoms with Crippen LogP contribution in [0.3, 0.4) is 0 Å². The monoisotopic (exact) mass is 320 g/mol. The smallest absolute Gasteiger partial charge is 0.302 e. The molecule has 1 unspecified atom stereocenters. The van der Waals surface area contributed by atoms with E-state index in [0.717, 1.165) is 36.3 Å². The summed E-state index contributed by atoms with van der Waals surface area (Å²) in [7, 11) is 0. The van der Waals surface area contributed by atoms with E-state index >= 15 is 0 Å². The van der Waals surface area contributed by atoms with Crippen LogP contribution in [0.25, 0.3) is 0 Å². The van der Waals surface area contributed by atoms with E-state index in [9.17, 15) is 4.79 Å². The second-order valence-electron chi connectivity index (χ2n) is 5.27. The summed E-state index contributed by atoms with van der Waals surface area (Å²) >= 11 is 6.30. The number of H-pyrrole nitrogens is 1. The second-order valence-corrected chi connectivity index (χ2v) is 5.67. The molecule has 0 amide bonds. The van der Waals surface area contributed by atoms with E-state index in [1.165, 1.54) is 6.92 Å². The van der Waals surface area contributed by atoms with Gasteiger partial charge in [-0.1, -0.05) is 43.1 Å². The lowest BCUT2D eigenvalue weighted by Gasteiger charge is -2.17. The largest absolute Gasteiger partial charge is 0.465 e. The first-order valence-corrected chi connectivity index (χ1v) is 7.91. The lowest BCUT2D eigenvalue weighted by molar-refractivity contribution is -0.141. The molecule has 2 rings (SSSR count). The Morgan fingerprint density at radius 2 is 2.18 bits per heavy atom. The number of aryl methyl sites for hydroxylation is 1. The lowest BCUT2D eigenvalue weighted by atomic mass is 9.97. The standard InChI is InChI=1S/C17H21ClN2O2/c1-3-4-9-17-19-10-16(20-17)14(11-22-12(2)21)13-7-5-6-8-15(13)18/h5-8,10,14H,3-4,9,11H2,1-2H3,(H,19,20). The third-order valence-electron chi connectivity index (χ3n) is 3.52. The van der Waals surface area contributed by atoms with E-state index in [1.54, 1.807) is 0 Å². The van der Waals surface area contributed by atoms with E-state index < -0.39 is 0 Å². The first-order chi connectivity index (χ1) is 10.6. The third kappa shape index (κ3) is 4.34. The number of rotatable bonds is 7. The van der Waals surface area contributed by atoms with Gasteiger partial charge in [0.1, 0.15) is 12.4 Å². The molecule has 0 saturated heterocycles. The zero-order valence-electron chi connectivity index (χ0n) is 12.9. The first kappa shape index (κ1) is 16.6. The Labute approximate surface area is 135 Å². The molecule has 1 aromatic carbocycles. The number of carbonyl (C=O) groups excluding carboxylic acids is 1. The number of nitrogens with one attached hydrogen (secondary N) is 1. The zero-order chi connectivity index (χ0) is 15.9. The maximum absolute atomic E-state index is 11.2. The number of imidazole rings is 1. The fourth-order valence-electron chi connectivity index (χ4n) is 2.33. The molecule has 1 atom stereocenters. The number of halogens is 1. The fraction of sp³-hybridized carbons (Fsp3) is 0.412. The molecule has 4 nitrogen and oxygen atoms in total. The van der Waals surface area contributed by atoms with Crippen LogP contribution in [0, 0.1) is 0 Å². The number of hydrogen-bond donors (Lipinski definition) is 1. The number of aromatic nitrogens is 2. The van der Waals surface area contributed by atoms with Gasteiger partial charge in [-0.05, 0) is 18.1 Å². The van der Waals surface area contributed by atoms with E-state index in [0.29, 0.717) is 5.02 Å².